The number of hydrogen-bond donors (Lipinski definition) is 1. The third kappa shape index (κ3) is 1.99. The molecule has 0 aliphatic carbocycles. The van der Waals surface area contributed by atoms with Crippen LogP contribution in [-0.4, -0.2) is 30.9 Å². The Kier molecular flexibility index (Phi) is 2.76. The molecule has 2 atom stereocenters. The number of hydrogen-bond acceptors (Lipinski definition) is 2. The van der Waals surface area contributed by atoms with Crippen molar-refractivity contribution in [1.29, 1.82) is 0 Å². The highest BCUT2D eigenvalue weighted by molar-refractivity contribution is 6.05. The third-order valence-electron chi connectivity index (χ3n) is 4.99. The highest BCUT2D eigenvalue weighted by Gasteiger charge is 2.48. The Hall–Kier alpha value is -0.955. The van der Waals surface area contributed by atoms with E-state index in [-0.39, 0.29) is 11.0 Å². The van der Waals surface area contributed by atoms with Crippen molar-refractivity contribution < 1.29 is 0 Å². The summed E-state index contributed by atoms with van der Waals surface area (Å²) < 4.78 is 0. The van der Waals surface area contributed by atoms with Crippen LogP contribution >= 0.6 is 0 Å². The van der Waals surface area contributed by atoms with Crippen LogP contribution in [0.2, 0.25) is 0 Å². The first-order valence-electron chi connectivity index (χ1n) is 7.19. The standard InChI is InChI=1S/C16H23BN2/c1-15(2)10-19(17)16(3,4)9-12-11-7-5-6-8-13(11)18-14(12)15/h5-8,12,14,18H,9-10H2,1-4H3/t12-,14+/m0/s1. The summed E-state index contributed by atoms with van der Waals surface area (Å²) in [6.45, 7) is 10.1. The van der Waals surface area contributed by atoms with Gasteiger partial charge in [-0.1, -0.05) is 32.0 Å². The summed E-state index contributed by atoms with van der Waals surface area (Å²) in [5.74, 6) is 0.551. The molecular weight excluding hydrogens is 231 g/mol. The monoisotopic (exact) mass is 254 g/mol. The van der Waals surface area contributed by atoms with Crippen molar-refractivity contribution in [2.75, 3.05) is 11.9 Å². The minimum absolute atomic E-state index is 0.0375. The lowest BCUT2D eigenvalue weighted by molar-refractivity contribution is 0.186. The van der Waals surface area contributed by atoms with Gasteiger partial charge in [0.1, 0.15) is 0 Å². The predicted molar refractivity (Wildman–Crippen MR) is 81.5 cm³/mol. The predicted octanol–water partition coefficient (Wildman–Crippen LogP) is 3.16. The zero-order valence-electron chi connectivity index (χ0n) is 12.4. The minimum Gasteiger partial charge on any atom is -0.381 e. The van der Waals surface area contributed by atoms with Gasteiger partial charge >= 0.3 is 0 Å². The Bertz CT molecular complexity index is 495. The summed E-state index contributed by atoms with van der Waals surface area (Å²) in [5, 5.41) is 3.74. The number of anilines is 1. The topological polar surface area (TPSA) is 15.3 Å². The van der Waals surface area contributed by atoms with Crippen molar-refractivity contribution in [3.8, 4) is 0 Å². The van der Waals surface area contributed by atoms with Crippen molar-refractivity contribution in [2.45, 2.75) is 51.6 Å². The van der Waals surface area contributed by atoms with E-state index in [1.54, 1.807) is 0 Å². The smallest absolute Gasteiger partial charge is 0.183 e. The highest BCUT2D eigenvalue weighted by atomic mass is 15.1. The molecule has 0 spiro atoms. The van der Waals surface area contributed by atoms with Gasteiger partial charge in [0.25, 0.3) is 0 Å². The van der Waals surface area contributed by atoms with Gasteiger partial charge in [-0.3, -0.25) is 0 Å². The Morgan fingerprint density at radius 1 is 1.21 bits per heavy atom. The molecule has 1 aromatic carbocycles. The molecule has 2 aliphatic heterocycles. The van der Waals surface area contributed by atoms with Crippen LogP contribution < -0.4 is 5.32 Å². The van der Waals surface area contributed by atoms with Gasteiger partial charge < -0.3 is 10.1 Å². The second kappa shape index (κ2) is 4.02. The minimum atomic E-state index is 0.0375. The molecule has 0 amide bonds. The molecule has 1 saturated heterocycles. The van der Waals surface area contributed by atoms with Gasteiger partial charge in [0.2, 0.25) is 0 Å². The van der Waals surface area contributed by atoms with Crippen molar-refractivity contribution in [3.63, 3.8) is 0 Å². The van der Waals surface area contributed by atoms with Crippen LogP contribution in [0.3, 0.4) is 0 Å². The van der Waals surface area contributed by atoms with E-state index in [1.165, 1.54) is 11.3 Å². The Morgan fingerprint density at radius 3 is 2.63 bits per heavy atom. The number of benzene rings is 1. The number of para-hydroxylation sites is 1. The fraction of sp³-hybridized carbons (Fsp3) is 0.625. The molecule has 2 heterocycles. The van der Waals surface area contributed by atoms with Crippen LogP contribution in [0.15, 0.2) is 24.3 Å². The van der Waals surface area contributed by atoms with Gasteiger partial charge in [0.15, 0.2) is 7.98 Å². The lowest BCUT2D eigenvalue weighted by atomic mass is 9.75. The molecule has 2 nitrogen and oxygen atoms in total. The lowest BCUT2D eigenvalue weighted by Crippen LogP contribution is -2.46. The molecule has 0 aromatic heterocycles. The third-order valence-corrected chi connectivity index (χ3v) is 4.99. The summed E-state index contributed by atoms with van der Waals surface area (Å²) in [7, 11) is 6.32. The summed E-state index contributed by atoms with van der Waals surface area (Å²) in [6, 6.07) is 9.20. The summed E-state index contributed by atoms with van der Waals surface area (Å²) in [4.78, 5) is 2.04. The molecule has 1 fully saturated rings. The molecule has 2 radical (unpaired) electrons. The maximum atomic E-state index is 6.32. The van der Waals surface area contributed by atoms with E-state index in [9.17, 15) is 0 Å². The van der Waals surface area contributed by atoms with Crippen molar-refractivity contribution in [3.05, 3.63) is 29.8 Å². The second-order valence-electron chi connectivity index (χ2n) is 7.45. The molecule has 19 heavy (non-hydrogen) atoms. The van der Waals surface area contributed by atoms with E-state index in [0.29, 0.717) is 12.0 Å². The maximum absolute atomic E-state index is 6.32. The Morgan fingerprint density at radius 2 is 1.89 bits per heavy atom. The molecule has 1 aromatic rings. The second-order valence-corrected chi connectivity index (χ2v) is 7.45. The first-order chi connectivity index (χ1) is 8.81. The van der Waals surface area contributed by atoms with E-state index < -0.39 is 0 Å². The van der Waals surface area contributed by atoms with Crippen molar-refractivity contribution in [2.24, 2.45) is 5.41 Å². The van der Waals surface area contributed by atoms with Gasteiger partial charge in [-0.05, 0) is 43.9 Å². The summed E-state index contributed by atoms with van der Waals surface area (Å²) >= 11 is 0. The molecule has 3 rings (SSSR count). The van der Waals surface area contributed by atoms with Crippen LogP contribution in [0.1, 0.15) is 45.6 Å². The Balaban J connectivity index is 2.06. The van der Waals surface area contributed by atoms with Gasteiger partial charge in [-0.25, -0.2) is 0 Å². The Labute approximate surface area is 118 Å². The van der Waals surface area contributed by atoms with E-state index in [1.807, 2.05) is 4.81 Å². The van der Waals surface area contributed by atoms with E-state index in [4.69, 9.17) is 7.98 Å². The number of rotatable bonds is 0. The first kappa shape index (κ1) is 13.0. The van der Waals surface area contributed by atoms with Gasteiger partial charge in [-0.2, -0.15) is 0 Å². The average molecular weight is 254 g/mol. The molecule has 3 heteroatoms. The van der Waals surface area contributed by atoms with E-state index in [0.717, 1.165) is 13.0 Å². The van der Waals surface area contributed by atoms with Gasteiger partial charge in [-0.15, -0.1) is 0 Å². The summed E-state index contributed by atoms with van der Waals surface area (Å²) in [6.07, 6.45) is 1.10. The molecular formula is C16H23BN2. The highest BCUT2D eigenvalue weighted by Crippen LogP contribution is 2.49. The maximum Gasteiger partial charge on any atom is 0.183 e. The zero-order chi connectivity index (χ0) is 13.8. The molecule has 2 aliphatic rings. The van der Waals surface area contributed by atoms with Gasteiger partial charge in [0.05, 0.1) is 0 Å². The molecule has 0 saturated carbocycles. The largest absolute Gasteiger partial charge is 0.381 e. The molecule has 0 unspecified atom stereocenters. The fourth-order valence-electron chi connectivity index (χ4n) is 3.77. The first-order valence-corrected chi connectivity index (χ1v) is 7.19. The van der Waals surface area contributed by atoms with Crippen LogP contribution in [0, 0.1) is 5.41 Å². The van der Waals surface area contributed by atoms with Crippen molar-refractivity contribution in [1.82, 2.24) is 4.81 Å². The van der Waals surface area contributed by atoms with Crippen LogP contribution in [0.25, 0.3) is 0 Å². The quantitative estimate of drug-likeness (QED) is 0.715. The lowest BCUT2D eigenvalue weighted by Gasteiger charge is -2.39. The molecule has 0 bridgehead atoms. The van der Waals surface area contributed by atoms with E-state index >= 15 is 0 Å². The number of fused-ring (bicyclic) bond motifs is 3. The number of nitrogens with zero attached hydrogens (tertiary/aromatic N) is 1. The van der Waals surface area contributed by atoms with Crippen LogP contribution in [-0.2, 0) is 0 Å². The van der Waals surface area contributed by atoms with Gasteiger partial charge in [0, 0.05) is 23.2 Å². The van der Waals surface area contributed by atoms with Crippen LogP contribution in [0.4, 0.5) is 5.69 Å². The van der Waals surface area contributed by atoms with Crippen LogP contribution in [0.5, 0.6) is 0 Å². The zero-order valence-corrected chi connectivity index (χ0v) is 12.4. The summed E-state index contributed by atoms with van der Waals surface area (Å²) in [5.41, 5.74) is 2.97. The fourth-order valence-corrected chi connectivity index (χ4v) is 3.77. The van der Waals surface area contributed by atoms with Crippen molar-refractivity contribution >= 4 is 13.7 Å². The molecule has 1 N–H and O–H groups in total. The number of nitrogens with one attached hydrogen (secondary N) is 1. The molecule has 100 valence electrons. The average Bonchev–Trinajstić information content (AvgIpc) is 2.65. The van der Waals surface area contributed by atoms with E-state index in [2.05, 4.69) is 57.3 Å². The SMILES string of the molecule is [B]N1CC(C)(C)[C@@H]2Nc3ccccc3[C@@H]2CC1(C)C. The normalized spacial score (nSPS) is 32.0.